The third kappa shape index (κ3) is 2.16. The van der Waals surface area contributed by atoms with E-state index in [0.29, 0.717) is 0 Å². The summed E-state index contributed by atoms with van der Waals surface area (Å²) in [6.07, 6.45) is 6.36. The molecular weight excluding hydrogens is 138 g/mol. The summed E-state index contributed by atoms with van der Waals surface area (Å²) in [5.74, 6) is 0. The Kier molecular flexibility index (Phi) is 2.81. The summed E-state index contributed by atoms with van der Waals surface area (Å²) in [5, 5.41) is 9.39. The van der Waals surface area contributed by atoms with Crippen molar-refractivity contribution in [3.05, 3.63) is 42.2 Å². The van der Waals surface area contributed by atoms with Gasteiger partial charge in [0.15, 0.2) is 0 Å². The van der Waals surface area contributed by atoms with Gasteiger partial charge in [-0.25, -0.2) is 0 Å². The number of rotatable bonds is 2. The van der Waals surface area contributed by atoms with Crippen LogP contribution in [0.1, 0.15) is 18.6 Å². The highest BCUT2D eigenvalue weighted by Crippen LogP contribution is 2.11. The second-order valence-corrected chi connectivity index (χ2v) is 2.26. The molecule has 0 bridgehead atoms. The van der Waals surface area contributed by atoms with Crippen LogP contribution in [0.25, 0.3) is 0 Å². The molecule has 0 amide bonds. The molecule has 1 aromatic heterocycles. The van der Waals surface area contributed by atoms with Gasteiger partial charge in [0.05, 0.1) is 6.10 Å². The standard InChI is InChI=1S/C9H11NO/c1-2-4-9(11)8-5-3-6-10-7-8/h2-7,9,11H,1H3. The molecule has 1 rings (SSSR count). The van der Waals surface area contributed by atoms with Crippen LogP contribution in [0.15, 0.2) is 36.7 Å². The predicted molar refractivity (Wildman–Crippen MR) is 44.0 cm³/mol. The van der Waals surface area contributed by atoms with Crippen molar-refractivity contribution in [1.82, 2.24) is 4.98 Å². The lowest BCUT2D eigenvalue weighted by Gasteiger charge is -2.02. The lowest BCUT2D eigenvalue weighted by atomic mass is 10.1. The van der Waals surface area contributed by atoms with Crippen LogP contribution in [0.3, 0.4) is 0 Å². The Morgan fingerprint density at radius 3 is 3.00 bits per heavy atom. The monoisotopic (exact) mass is 149 g/mol. The van der Waals surface area contributed by atoms with E-state index in [1.54, 1.807) is 18.5 Å². The van der Waals surface area contributed by atoms with Crippen molar-refractivity contribution >= 4 is 0 Å². The van der Waals surface area contributed by atoms with Crippen LogP contribution >= 0.6 is 0 Å². The Hall–Kier alpha value is -1.15. The van der Waals surface area contributed by atoms with Crippen LogP contribution in [-0.2, 0) is 0 Å². The van der Waals surface area contributed by atoms with Gasteiger partial charge in [-0.2, -0.15) is 0 Å². The van der Waals surface area contributed by atoms with Gasteiger partial charge in [-0.15, -0.1) is 0 Å². The zero-order valence-corrected chi connectivity index (χ0v) is 6.44. The molecule has 2 nitrogen and oxygen atoms in total. The third-order valence-corrected chi connectivity index (χ3v) is 1.40. The normalized spacial score (nSPS) is 13.6. The van der Waals surface area contributed by atoms with Gasteiger partial charge in [0.1, 0.15) is 0 Å². The molecule has 0 aromatic carbocycles. The van der Waals surface area contributed by atoms with Crippen molar-refractivity contribution in [2.45, 2.75) is 13.0 Å². The van der Waals surface area contributed by atoms with Crippen LogP contribution in [0.2, 0.25) is 0 Å². The van der Waals surface area contributed by atoms with Gasteiger partial charge in [0.2, 0.25) is 0 Å². The second kappa shape index (κ2) is 3.88. The van der Waals surface area contributed by atoms with Crippen molar-refractivity contribution in [1.29, 1.82) is 0 Å². The minimum absolute atomic E-state index is 0.520. The van der Waals surface area contributed by atoms with Gasteiger partial charge in [-0.3, -0.25) is 4.98 Å². The summed E-state index contributed by atoms with van der Waals surface area (Å²) in [4.78, 5) is 3.89. The minimum atomic E-state index is -0.520. The Morgan fingerprint density at radius 1 is 1.64 bits per heavy atom. The van der Waals surface area contributed by atoms with E-state index < -0.39 is 6.10 Å². The van der Waals surface area contributed by atoms with Gasteiger partial charge >= 0.3 is 0 Å². The highest BCUT2D eigenvalue weighted by atomic mass is 16.3. The molecule has 0 radical (unpaired) electrons. The lowest BCUT2D eigenvalue weighted by molar-refractivity contribution is 0.228. The second-order valence-electron chi connectivity index (χ2n) is 2.26. The molecule has 1 unspecified atom stereocenters. The predicted octanol–water partition coefficient (Wildman–Crippen LogP) is 1.69. The molecule has 0 aliphatic heterocycles. The Balaban J connectivity index is 2.76. The minimum Gasteiger partial charge on any atom is -0.384 e. The molecule has 0 saturated heterocycles. The average Bonchev–Trinajstić information content (AvgIpc) is 2.07. The SMILES string of the molecule is CC=CC(O)c1cccnc1. The zero-order valence-electron chi connectivity index (χ0n) is 6.44. The fourth-order valence-corrected chi connectivity index (χ4v) is 0.844. The number of hydrogen-bond donors (Lipinski definition) is 1. The van der Waals surface area contributed by atoms with E-state index in [0.717, 1.165) is 5.56 Å². The summed E-state index contributed by atoms with van der Waals surface area (Å²) in [6.45, 7) is 1.87. The fourth-order valence-electron chi connectivity index (χ4n) is 0.844. The summed E-state index contributed by atoms with van der Waals surface area (Å²) in [6, 6.07) is 3.65. The summed E-state index contributed by atoms with van der Waals surface area (Å²) in [5.41, 5.74) is 0.825. The maximum Gasteiger partial charge on any atom is 0.0986 e. The first kappa shape index (κ1) is 7.95. The number of pyridine rings is 1. The van der Waals surface area contributed by atoms with Gasteiger partial charge < -0.3 is 5.11 Å². The fraction of sp³-hybridized carbons (Fsp3) is 0.222. The maximum absolute atomic E-state index is 9.39. The summed E-state index contributed by atoms with van der Waals surface area (Å²) < 4.78 is 0. The number of aromatic nitrogens is 1. The van der Waals surface area contributed by atoms with Crippen LogP contribution in [0.5, 0.6) is 0 Å². The molecule has 0 aliphatic rings. The van der Waals surface area contributed by atoms with Crippen LogP contribution in [0.4, 0.5) is 0 Å². The maximum atomic E-state index is 9.39. The molecule has 0 fully saturated rings. The number of hydrogen-bond acceptors (Lipinski definition) is 2. The van der Waals surface area contributed by atoms with Crippen molar-refractivity contribution < 1.29 is 5.11 Å². The molecule has 1 atom stereocenters. The number of nitrogens with zero attached hydrogens (tertiary/aromatic N) is 1. The van der Waals surface area contributed by atoms with E-state index in [9.17, 15) is 5.11 Å². The van der Waals surface area contributed by atoms with E-state index >= 15 is 0 Å². The smallest absolute Gasteiger partial charge is 0.0986 e. The molecule has 11 heavy (non-hydrogen) atoms. The quantitative estimate of drug-likeness (QED) is 0.649. The Bertz CT molecular complexity index is 231. The first-order chi connectivity index (χ1) is 5.34. The average molecular weight is 149 g/mol. The molecule has 0 saturated carbocycles. The van der Waals surface area contributed by atoms with Crippen LogP contribution in [-0.4, -0.2) is 10.1 Å². The Morgan fingerprint density at radius 2 is 2.45 bits per heavy atom. The molecular formula is C9H11NO. The van der Waals surface area contributed by atoms with Gasteiger partial charge in [0.25, 0.3) is 0 Å². The van der Waals surface area contributed by atoms with E-state index in [-0.39, 0.29) is 0 Å². The highest BCUT2D eigenvalue weighted by molar-refractivity contribution is 5.16. The van der Waals surface area contributed by atoms with E-state index in [4.69, 9.17) is 0 Å². The van der Waals surface area contributed by atoms with Crippen molar-refractivity contribution in [3.8, 4) is 0 Å². The van der Waals surface area contributed by atoms with E-state index in [1.807, 2.05) is 25.1 Å². The van der Waals surface area contributed by atoms with E-state index in [1.165, 1.54) is 0 Å². The van der Waals surface area contributed by atoms with Gasteiger partial charge in [-0.05, 0) is 13.0 Å². The number of aliphatic hydroxyl groups is 1. The molecule has 58 valence electrons. The van der Waals surface area contributed by atoms with Gasteiger partial charge in [-0.1, -0.05) is 18.2 Å². The molecule has 1 aromatic rings. The number of aliphatic hydroxyl groups excluding tert-OH is 1. The Labute approximate surface area is 66.2 Å². The summed E-state index contributed by atoms with van der Waals surface area (Å²) in [7, 11) is 0. The molecule has 1 heterocycles. The molecule has 0 spiro atoms. The van der Waals surface area contributed by atoms with Crippen LogP contribution in [0, 0.1) is 0 Å². The summed E-state index contributed by atoms with van der Waals surface area (Å²) >= 11 is 0. The van der Waals surface area contributed by atoms with Crippen molar-refractivity contribution in [2.24, 2.45) is 0 Å². The molecule has 2 heteroatoms. The molecule has 1 N–H and O–H groups in total. The van der Waals surface area contributed by atoms with Crippen molar-refractivity contribution in [3.63, 3.8) is 0 Å². The van der Waals surface area contributed by atoms with Crippen molar-refractivity contribution in [2.75, 3.05) is 0 Å². The van der Waals surface area contributed by atoms with E-state index in [2.05, 4.69) is 4.98 Å². The van der Waals surface area contributed by atoms with Gasteiger partial charge in [0, 0.05) is 18.0 Å². The first-order valence-corrected chi connectivity index (χ1v) is 3.55. The lowest BCUT2D eigenvalue weighted by Crippen LogP contribution is -1.92. The first-order valence-electron chi connectivity index (χ1n) is 3.55. The largest absolute Gasteiger partial charge is 0.384 e. The topological polar surface area (TPSA) is 33.1 Å². The third-order valence-electron chi connectivity index (χ3n) is 1.40. The highest BCUT2D eigenvalue weighted by Gasteiger charge is 1.99. The molecule has 0 aliphatic carbocycles. The zero-order chi connectivity index (χ0) is 8.10. The number of allylic oxidation sites excluding steroid dienone is 1. The van der Waals surface area contributed by atoms with Crippen LogP contribution < -0.4 is 0 Å².